The van der Waals surface area contributed by atoms with Gasteiger partial charge in [0, 0.05) is 12.5 Å². The van der Waals surface area contributed by atoms with Crippen LogP contribution in [0.2, 0.25) is 0 Å². The van der Waals surface area contributed by atoms with Gasteiger partial charge in [0.1, 0.15) is 0 Å². The molecule has 18 heavy (non-hydrogen) atoms. The topological polar surface area (TPSA) is 46.5 Å². The van der Waals surface area contributed by atoms with Crippen molar-refractivity contribution in [3.8, 4) is 0 Å². The van der Waals surface area contributed by atoms with Gasteiger partial charge in [-0.1, -0.05) is 49.0 Å². The van der Waals surface area contributed by atoms with Crippen LogP contribution in [0.15, 0.2) is 55.1 Å². The number of fused-ring (bicyclic) bond motifs is 1. The Kier molecular flexibility index (Phi) is 3.75. The molecule has 0 aromatic heterocycles. The van der Waals surface area contributed by atoms with E-state index in [0.717, 1.165) is 22.4 Å². The van der Waals surface area contributed by atoms with Crippen LogP contribution >= 0.6 is 0 Å². The van der Waals surface area contributed by atoms with Crippen LogP contribution in [0.25, 0.3) is 10.8 Å². The van der Waals surface area contributed by atoms with E-state index in [9.17, 15) is 9.90 Å². The fourth-order valence-corrected chi connectivity index (χ4v) is 1.88. The van der Waals surface area contributed by atoms with E-state index in [-0.39, 0.29) is 6.42 Å². The molecule has 0 bridgehead atoms. The summed E-state index contributed by atoms with van der Waals surface area (Å²) in [6.07, 6.45) is 0.147. The molecule has 3 heteroatoms. The van der Waals surface area contributed by atoms with Crippen molar-refractivity contribution in [2.45, 2.75) is 12.7 Å². The smallest absolute Gasteiger partial charge is 0.332 e. The van der Waals surface area contributed by atoms with Crippen LogP contribution < -0.4 is 0 Å². The van der Waals surface area contributed by atoms with Crippen LogP contribution in [0, 0.1) is 0 Å². The van der Waals surface area contributed by atoms with Gasteiger partial charge in [-0.15, -0.1) is 0 Å². The van der Waals surface area contributed by atoms with E-state index in [1.54, 1.807) is 0 Å². The number of carbonyl (C=O) groups is 1. The number of aliphatic hydroxyl groups is 1. The molecule has 0 fully saturated rings. The van der Waals surface area contributed by atoms with Crippen molar-refractivity contribution in [1.82, 2.24) is 0 Å². The highest BCUT2D eigenvalue weighted by molar-refractivity contribution is 5.85. The van der Waals surface area contributed by atoms with Gasteiger partial charge in [-0.3, -0.25) is 0 Å². The fourth-order valence-electron chi connectivity index (χ4n) is 1.88. The van der Waals surface area contributed by atoms with Gasteiger partial charge in [0.25, 0.3) is 0 Å². The molecule has 0 saturated carbocycles. The second kappa shape index (κ2) is 5.47. The van der Waals surface area contributed by atoms with Crippen molar-refractivity contribution >= 4 is 16.7 Å². The highest BCUT2D eigenvalue weighted by atomic mass is 16.6. The van der Waals surface area contributed by atoms with E-state index >= 15 is 0 Å². The summed E-state index contributed by atoms with van der Waals surface area (Å²) in [6.45, 7) is 3.28. The largest absolute Gasteiger partial charge is 0.432 e. The van der Waals surface area contributed by atoms with Gasteiger partial charge in [-0.25, -0.2) is 4.79 Å². The summed E-state index contributed by atoms with van der Waals surface area (Å²) < 4.78 is 4.75. The first-order valence-corrected chi connectivity index (χ1v) is 5.68. The lowest BCUT2D eigenvalue weighted by Gasteiger charge is -2.12. The maximum absolute atomic E-state index is 11.0. The molecule has 0 spiro atoms. The van der Waals surface area contributed by atoms with Gasteiger partial charge in [0.05, 0.1) is 0 Å². The Hall–Kier alpha value is -2.13. The van der Waals surface area contributed by atoms with Crippen LogP contribution in [-0.2, 0) is 16.0 Å². The minimum Gasteiger partial charge on any atom is -0.432 e. The highest BCUT2D eigenvalue weighted by Gasteiger charge is 2.11. The number of esters is 1. The van der Waals surface area contributed by atoms with E-state index in [1.807, 2.05) is 42.5 Å². The number of rotatable bonds is 4. The SMILES string of the molecule is C=CC(=O)OC(O)Cc1cccc2ccccc12. The average molecular weight is 242 g/mol. The Bertz CT molecular complexity index is 569. The van der Waals surface area contributed by atoms with Gasteiger partial charge < -0.3 is 9.84 Å². The monoisotopic (exact) mass is 242 g/mol. The van der Waals surface area contributed by atoms with Crippen molar-refractivity contribution in [1.29, 1.82) is 0 Å². The summed E-state index contributed by atoms with van der Waals surface area (Å²) in [4.78, 5) is 11.0. The number of hydrogen-bond donors (Lipinski definition) is 1. The van der Waals surface area contributed by atoms with Crippen molar-refractivity contribution in [2.75, 3.05) is 0 Å². The second-order valence-corrected chi connectivity index (χ2v) is 3.94. The minimum absolute atomic E-state index is 0.265. The quantitative estimate of drug-likeness (QED) is 0.509. The molecule has 0 aliphatic rings. The standard InChI is InChI=1S/C15H14O3/c1-2-14(16)18-15(17)10-12-8-5-7-11-6-3-4-9-13(11)12/h2-9,15,17H,1,10H2. The summed E-state index contributed by atoms with van der Waals surface area (Å²) >= 11 is 0. The van der Waals surface area contributed by atoms with Gasteiger partial charge >= 0.3 is 5.97 Å². The number of aliphatic hydroxyl groups excluding tert-OH is 1. The van der Waals surface area contributed by atoms with Crippen LogP contribution in [0.1, 0.15) is 5.56 Å². The first-order valence-electron chi connectivity index (χ1n) is 5.68. The molecule has 0 amide bonds. The lowest BCUT2D eigenvalue weighted by Crippen LogP contribution is -2.18. The lowest BCUT2D eigenvalue weighted by molar-refractivity contribution is -0.161. The van der Waals surface area contributed by atoms with E-state index in [2.05, 4.69) is 6.58 Å². The van der Waals surface area contributed by atoms with Crippen LogP contribution in [0.4, 0.5) is 0 Å². The fraction of sp³-hybridized carbons (Fsp3) is 0.133. The average Bonchev–Trinajstić information content (AvgIpc) is 2.39. The van der Waals surface area contributed by atoms with E-state index in [1.165, 1.54) is 0 Å². The molecule has 92 valence electrons. The number of ether oxygens (including phenoxy) is 1. The molecule has 1 atom stereocenters. The molecule has 3 nitrogen and oxygen atoms in total. The molecule has 2 aromatic rings. The summed E-state index contributed by atoms with van der Waals surface area (Å²) in [5.74, 6) is -0.622. The molecule has 0 saturated heterocycles. The number of hydrogen-bond acceptors (Lipinski definition) is 3. The van der Waals surface area contributed by atoms with E-state index in [4.69, 9.17) is 4.74 Å². The minimum atomic E-state index is -1.15. The van der Waals surface area contributed by atoms with Gasteiger partial charge in [-0.2, -0.15) is 0 Å². The molecular weight excluding hydrogens is 228 g/mol. The molecule has 0 heterocycles. The Morgan fingerprint density at radius 1 is 1.28 bits per heavy atom. The third-order valence-corrected chi connectivity index (χ3v) is 2.69. The summed E-state index contributed by atoms with van der Waals surface area (Å²) in [6, 6.07) is 13.7. The first kappa shape index (κ1) is 12.3. The zero-order chi connectivity index (χ0) is 13.0. The Labute approximate surface area is 105 Å². The zero-order valence-electron chi connectivity index (χ0n) is 9.87. The van der Waals surface area contributed by atoms with Crippen molar-refractivity contribution in [2.24, 2.45) is 0 Å². The molecule has 0 radical (unpaired) electrons. The van der Waals surface area contributed by atoms with Crippen LogP contribution in [-0.4, -0.2) is 17.4 Å². The molecule has 1 N–H and O–H groups in total. The summed E-state index contributed by atoms with van der Waals surface area (Å²) in [7, 11) is 0. The van der Waals surface area contributed by atoms with Crippen LogP contribution in [0.3, 0.4) is 0 Å². The normalized spacial score (nSPS) is 12.1. The molecule has 2 aromatic carbocycles. The van der Waals surface area contributed by atoms with Gasteiger partial charge in [0.2, 0.25) is 6.29 Å². The molecular formula is C15H14O3. The lowest BCUT2D eigenvalue weighted by atomic mass is 10.0. The zero-order valence-corrected chi connectivity index (χ0v) is 9.87. The second-order valence-electron chi connectivity index (χ2n) is 3.94. The Morgan fingerprint density at radius 2 is 2.00 bits per heavy atom. The summed E-state index contributed by atoms with van der Waals surface area (Å²) in [5, 5.41) is 11.8. The van der Waals surface area contributed by atoms with Crippen molar-refractivity contribution < 1.29 is 14.6 Å². The van der Waals surface area contributed by atoms with Crippen molar-refractivity contribution in [3.05, 3.63) is 60.7 Å². The van der Waals surface area contributed by atoms with Gasteiger partial charge in [-0.05, 0) is 16.3 Å². The number of carbonyl (C=O) groups excluding carboxylic acids is 1. The number of benzene rings is 2. The highest BCUT2D eigenvalue weighted by Crippen LogP contribution is 2.19. The molecule has 2 rings (SSSR count). The van der Waals surface area contributed by atoms with E-state index < -0.39 is 12.3 Å². The van der Waals surface area contributed by atoms with Gasteiger partial charge in [0.15, 0.2) is 0 Å². The van der Waals surface area contributed by atoms with E-state index in [0.29, 0.717) is 0 Å². The Balaban J connectivity index is 2.21. The third-order valence-electron chi connectivity index (χ3n) is 2.69. The predicted molar refractivity (Wildman–Crippen MR) is 69.9 cm³/mol. The molecule has 1 unspecified atom stereocenters. The first-order chi connectivity index (χ1) is 8.70. The Morgan fingerprint density at radius 3 is 2.78 bits per heavy atom. The predicted octanol–water partition coefficient (Wildman–Crippen LogP) is 2.43. The molecule has 0 aliphatic heterocycles. The molecule has 0 aliphatic carbocycles. The van der Waals surface area contributed by atoms with Crippen LogP contribution in [0.5, 0.6) is 0 Å². The summed E-state index contributed by atoms with van der Waals surface area (Å²) in [5.41, 5.74) is 0.942. The maximum Gasteiger partial charge on any atom is 0.332 e. The van der Waals surface area contributed by atoms with Crippen molar-refractivity contribution in [3.63, 3.8) is 0 Å². The maximum atomic E-state index is 11.0. The third kappa shape index (κ3) is 2.76.